The van der Waals surface area contributed by atoms with Crippen molar-refractivity contribution in [3.05, 3.63) is 0 Å². The second kappa shape index (κ2) is 9.86. The second-order valence-electron chi connectivity index (χ2n) is 12.3. The Morgan fingerprint density at radius 3 is 2.37 bits per heavy atom. The Morgan fingerprint density at radius 2 is 1.69 bits per heavy atom. The van der Waals surface area contributed by atoms with E-state index in [1.807, 2.05) is 6.92 Å². The lowest BCUT2D eigenvalue weighted by molar-refractivity contribution is -0.223. The third-order valence-corrected chi connectivity index (χ3v) is 11.1. The molecule has 0 saturated heterocycles. The molecule has 4 fully saturated rings. The molecule has 4 saturated carbocycles. The Morgan fingerprint density at radius 1 is 1.03 bits per heavy atom. The van der Waals surface area contributed by atoms with Crippen LogP contribution in [-0.2, 0) is 14.9 Å². The zero-order chi connectivity index (χ0) is 29.3. The molecule has 0 radical (unpaired) electrons. The molecule has 9 heteroatoms. The van der Waals surface area contributed by atoms with Crippen molar-refractivity contribution in [2.45, 2.75) is 96.9 Å². The molecule has 0 spiro atoms. The van der Waals surface area contributed by atoms with Crippen LogP contribution in [0.4, 0.5) is 0 Å². The minimum absolute atomic E-state index is 0.0364. The molecule has 0 aromatic carbocycles. The molecule has 0 aliphatic heterocycles. The van der Waals surface area contributed by atoms with Crippen LogP contribution in [0.3, 0.4) is 0 Å². The Balaban J connectivity index is 1.44. The number of aliphatic hydroxyl groups excluding tert-OH is 3. The van der Waals surface area contributed by atoms with Gasteiger partial charge in [0.25, 0.3) is 10.1 Å². The molecule has 5 N–H and O–H groups in total. The van der Waals surface area contributed by atoms with Crippen molar-refractivity contribution in [2.24, 2.45) is 46.3 Å². The van der Waals surface area contributed by atoms with E-state index in [1.54, 1.807) is 5.32 Å². The molecular formula is C26H45NO7S. The van der Waals surface area contributed by atoms with Gasteiger partial charge in [-0.3, -0.25) is 9.35 Å². The highest BCUT2D eigenvalue weighted by molar-refractivity contribution is 7.85. The van der Waals surface area contributed by atoms with Gasteiger partial charge in [-0.1, -0.05) is 20.8 Å². The van der Waals surface area contributed by atoms with Crippen LogP contribution in [0.1, 0.15) is 84.0 Å². The van der Waals surface area contributed by atoms with Crippen LogP contribution in [0.15, 0.2) is 0 Å². The van der Waals surface area contributed by atoms with Crippen LogP contribution >= 0.6 is 0 Å². The lowest BCUT2D eigenvalue weighted by atomic mass is 9.43. The van der Waals surface area contributed by atoms with Crippen molar-refractivity contribution in [1.82, 2.24) is 5.32 Å². The number of aliphatic hydroxyl groups is 3. The summed E-state index contributed by atoms with van der Waals surface area (Å²) < 4.78 is 61.9. The molecule has 11 atom stereocenters. The van der Waals surface area contributed by atoms with Gasteiger partial charge in [0.1, 0.15) is 0 Å². The summed E-state index contributed by atoms with van der Waals surface area (Å²) in [5.74, 6) is -0.220. The number of rotatable bonds is 7. The number of carbonyl (C=O) groups excluding carboxylic acids is 1. The summed E-state index contributed by atoms with van der Waals surface area (Å²) in [6.07, 6.45) is 3.88. The van der Waals surface area contributed by atoms with Crippen LogP contribution < -0.4 is 5.32 Å². The molecule has 8 nitrogen and oxygen atoms in total. The summed E-state index contributed by atoms with van der Waals surface area (Å²) in [7, 11) is -5.41. The maximum Gasteiger partial charge on any atom is 0.266 e. The smallest absolute Gasteiger partial charge is 0.266 e. The van der Waals surface area contributed by atoms with E-state index in [-0.39, 0.29) is 52.8 Å². The van der Waals surface area contributed by atoms with Crippen molar-refractivity contribution in [3.63, 3.8) is 0 Å². The van der Waals surface area contributed by atoms with E-state index in [0.717, 1.165) is 32.1 Å². The van der Waals surface area contributed by atoms with Crippen LogP contribution in [0, 0.1) is 46.3 Å². The predicted octanol–water partition coefficient (Wildman–Crippen LogP) is 2.37. The van der Waals surface area contributed by atoms with E-state index in [9.17, 15) is 28.5 Å². The summed E-state index contributed by atoms with van der Waals surface area (Å²) in [5.41, 5.74) is -3.94. The minimum Gasteiger partial charge on any atom is -0.393 e. The molecule has 0 heterocycles. The van der Waals surface area contributed by atoms with E-state index in [2.05, 4.69) is 13.8 Å². The first-order valence-electron chi connectivity index (χ1n) is 15.1. The van der Waals surface area contributed by atoms with Crippen LogP contribution in [0.25, 0.3) is 0 Å². The van der Waals surface area contributed by atoms with E-state index in [0.29, 0.717) is 19.3 Å². The molecule has 0 aromatic heterocycles. The number of hydrogen-bond donors (Lipinski definition) is 5. The maximum absolute atomic E-state index is 12.5. The van der Waals surface area contributed by atoms with Crippen molar-refractivity contribution in [3.8, 4) is 0 Å². The van der Waals surface area contributed by atoms with E-state index < -0.39 is 46.5 Å². The van der Waals surface area contributed by atoms with Crippen molar-refractivity contribution in [1.29, 1.82) is 0 Å². The first-order valence-corrected chi connectivity index (χ1v) is 14.5. The van der Waals surface area contributed by atoms with Gasteiger partial charge in [0, 0.05) is 15.7 Å². The summed E-state index contributed by atoms with van der Waals surface area (Å²) >= 11 is 0. The summed E-state index contributed by atoms with van der Waals surface area (Å²) in [6, 6.07) is 0. The van der Waals surface area contributed by atoms with Gasteiger partial charge in [0.05, 0.1) is 26.8 Å². The minimum atomic E-state index is -5.41. The molecule has 35 heavy (non-hydrogen) atoms. The van der Waals surface area contributed by atoms with Crippen LogP contribution in [0.2, 0.25) is 0 Å². The molecule has 1 amide bonds. The number of hydrogen-bond acceptors (Lipinski definition) is 6. The monoisotopic (exact) mass is 519 g/mol. The fourth-order valence-electron chi connectivity index (χ4n) is 9.00. The van der Waals surface area contributed by atoms with E-state index >= 15 is 0 Å². The Hall–Kier alpha value is -0.740. The SMILES string of the molecule is [2H]C([2H])(NC(=O)CC[C@@H](C)[C@H]1CC[C@H]2C3C(O)[C@@H](O)[C@@H]4C[C@H](O)CC[C@]4(C)[C@H]3CC[C@]12C)C([2H])([2H])S(=O)(=O)O. The highest BCUT2D eigenvalue weighted by atomic mass is 32.2. The summed E-state index contributed by atoms with van der Waals surface area (Å²) in [6.45, 7) is 3.20. The Bertz CT molecular complexity index is 1060. The fourth-order valence-corrected chi connectivity index (χ4v) is 9.18. The van der Waals surface area contributed by atoms with Gasteiger partial charge in [-0.25, -0.2) is 0 Å². The first-order chi connectivity index (χ1) is 17.8. The average molecular weight is 520 g/mol. The highest BCUT2D eigenvalue weighted by Gasteiger charge is 2.65. The van der Waals surface area contributed by atoms with E-state index in [1.165, 1.54) is 0 Å². The molecule has 4 rings (SSSR count). The molecule has 2 unspecified atom stereocenters. The predicted molar refractivity (Wildman–Crippen MR) is 132 cm³/mol. The first kappa shape index (κ1) is 22.3. The van der Waals surface area contributed by atoms with Crippen LogP contribution in [0.5, 0.6) is 0 Å². The van der Waals surface area contributed by atoms with E-state index in [4.69, 9.17) is 10.0 Å². The van der Waals surface area contributed by atoms with Crippen molar-refractivity contribution in [2.75, 3.05) is 12.2 Å². The zero-order valence-corrected chi connectivity index (χ0v) is 21.8. The zero-order valence-electron chi connectivity index (χ0n) is 25.0. The molecular weight excluding hydrogens is 470 g/mol. The van der Waals surface area contributed by atoms with Gasteiger partial charge in [-0.15, -0.1) is 0 Å². The summed E-state index contributed by atoms with van der Waals surface area (Å²) in [4.78, 5) is 12.5. The lowest BCUT2D eigenvalue weighted by Gasteiger charge is -2.63. The third-order valence-electron chi connectivity index (χ3n) is 10.7. The molecule has 4 aliphatic rings. The van der Waals surface area contributed by atoms with Gasteiger partial charge in [0.2, 0.25) is 5.91 Å². The number of nitrogens with one attached hydrogen (secondary N) is 1. The largest absolute Gasteiger partial charge is 0.393 e. The van der Waals surface area contributed by atoms with Gasteiger partial charge in [0.15, 0.2) is 0 Å². The average Bonchev–Trinajstić information content (AvgIpc) is 3.18. The van der Waals surface area contributed by atoms with Gasteiger partial charge >= 0.3 is 0 Å². The normalized spacial score (nSPS) is 48.8. The Labute approximate surface area is 215 Å². The van der Waals surface area contributed by atoms with Crippen molar-refractivity contribution < 1.29 is 38.6 Å². The molecule has 0 aromatic rings. The van der Waals surface area contributed by atoms with Crippen molar-refractivity contribution >= 4 is 16.0 Å². The van der Waals surface area contributed by atoms with Crippen LogP contribution in [-0.4, -0.2) is 64.7 Å². The van der Waals surface area contributed by atoms with Gasteiger partial charge in [-0.05, 0) is 97.7 Å². The fraction of sp³-hybridized carbons (Fsp3) is 0.962. The Kier molecular flexibility index (Phi) is 6.27. The maximum atomic E-state index is 12.5. The number of amides is 1. The number of carbonyl (C=O) groups is 1. The highest BCUT2D eigenvalue weighted by Crippen LogP contribution is 2.68. The molecule has 0 bridgehead atoms. The second-order valence-corrected chi connectivity index (χ2v) is 13.5. The number of fused-ring (bicyclic) bond motifs is 5. The van der Waals surface area contributed by atoms with Gasteiger partial charge < -0.3 is 20.6 Å². The molecule has 202 valence electrons. The third kappa shape index (κ3) is 5.05. The lowest BCUT2D eigenvalue weighted by Crippen LogP contribution is -2.64. The standard InChI is InChI=1S/C26H45NO7S/c1-15(4-7-21(29)27-12-13-35(32,33)34)17-5-6-18-22-19(9-11-25(17,18)2)26(3)10-8-16(28)14-20(26)23(30)24(22)31/h15-20,22-24,28,30-31H,4-14H2,1-3H3,(H,27,29)(H,32,33,34)/t15-,16-,17-,18+,19+,20+,22?,23+,24?,25-,26-/m1/s1/i12D2,13D2. The quantitative estimate of drug-likeness (QED) is 0.325. The topological polar surface area (TPSA) is 144 Å². The molecule has 4 aliphatic carbocycles. The summed E-state index contributed by atoms with van der Waals surface area (Å²) in [5, 5.41) is 34.7. The van der Waals surface area contributed by atoms with Gasteiger partial charge in [-0.2, -0.15) is 8.42 Å².